The summed E-state index contributed by atoms with van der Waals surface area (Å²) in [6, 6.07) is 13.5. The molecule has 0 radical (unpaired) electrons. The topological polar surface area (TPSA) is 106 Å². The lowest BCUT2D eigenvalue weighted by atomic mass is 10.1. The first kappa shape index (κ1) is 20.0. The first-order valence-electron chi connectivity index (χ1n) is 8.50. The van der Waals surface area contributed by atoms with Crippen LogP contribution in [0.3, 0.4) is 0 Å². The van der Waals surface area contributed by atoms with Crippen LogP contribution in [0.15, 0.2) is 54.1 Å². The third-order valence-corrected chi connectivity index (χ3v) is 4.08. The normalized spacial score (nSPS) is 13.3. The summed E-state index contributed by atoms with van der Waals surface area (Å²) in [5.74, 6) is -0.271. The van der Waals surface area contributed by atoms with E-state index in [-0.39, 0.29) is 23.2 Å². The van der Waals surface area contributed by atoms with Crippen LogP contribution in [0.2, 0.25) is 0 Å². The third kappa shape index (κ3) is 5.39. The predicted molar refractivity (Wildman–Crippen MR) is 110 cm³/mol. The van der Waals surface area contributed by atoms with Crippen LogP contribution in [-0.4, -0.2) is 36.6 Å². The second-order valence-corrected chi connectivity index (χ2v) is 6.34. The van der Waals surface area contributed by atoms with Gasteiger partial charge in [0.25, 0.3) is 17.7 Å². The Balaban J connectivity index is 1.55. The quantitative estimate of drug-likeness (QED) is 0.379. The van der Waals surface area contributed by atoms with Crippen LogP contribution in [0.25, 0.3) is 6.08 Å². The largest absolute Gasteiger partial charge is 0.497 e. The Labute approximate surface area is 171 Å². The van der Waals surface area contributed by atoms with E-state index in [1.165, 1.54) is 6.08 Å². The summed E-state index contributed by atoms with van der Waals surface area (Å²) in [6.45, 7) is -0.172. The smallest absolute Gasteiger partial charge is 0.263 e. The number of hydrogen-bond donors (Lipinski definition) is 3. The summed E-state index contributed by atoms with van der Waals surface area (Å²) in [5, 5.41) is 7.43. The molecule has 3 rings (SSSR count). The molecule has 0 atom stereocenters. The predicted octanol–water partition coefficient (Wildman–Crippen LogP) is 1.63. The zero-order valence-electron chi connectivity index (χ0n) is 15.4. The van der Waals surface area contributed by atoms with E-state index in [2.05, 4.69) is 16.0 Å². The van der Waals surface area contributed by atoms with Gasteiger partial charge < -0.3 is 14.8 Å². The molecular weight excluding hydrogens is 394 g/mol. The van der Waals surface area contributed by atoms with E-state index < -0.39 is 11.8 Å². The Hall–Kier alpha value is -3.72. The zero-order chi connectivity index (χ0) is 20.8. The van der Waals surface area contributed by atoms with Crippen LogP contribution in [-0.2, 0) is 14.4 Å². The fourth-order valence-electron chi connectivity index (χ4n) is 2.45. The minimum atomic E-state index is -0.561. The molecule has 1 heterocycles. The molecule has 8 nitrogen and oxygen atoms in total. The molecule has 1 aliphatic heterocycles. The SMILES string of the molecule is COc1ccc(NC(=O)COc2ccc(C=C3C(=O)NC(=S)NC3=O)cc2)cc1. The summed E-state index contributed by atoms with van der Waals surface area (Å²) >= 11 is 4.75. The van der Waals surface area contributed by atoms with Gasteiger partial charge in [-0.15, -0.1) is 0 Å². The van der Waals surface area contributed by atoms with Gasteiger partial charge in [-0.3, -0.25) is 25.0 Å². The molecule has 0 unspecified atom stereocenters. The maximum absolute atomic E-state index is 12.0. The Bertz CT molecular complexity index is 962. The first-order chi connectivity index (χ1) is 13.9. The summed E-state index contributed by atoms with van der Waals surface area (Å²) in [4.78, 5) is 35.7. The standard InChI is InChI=1S/C20H17N3O5S/c1-27-14-8-4-13(5-9-14)21-17(24)11-28-15-6-2-12(3-7-15)10-16-18(25)22-20(29)23-19(16)26/h2-10H,11H2,1H3,(H,21,24)(H2,22,23,25,26,29). The number of nitrogens with one attached hydrogen (secondary N) is 3. The molecule has 9 heteroatoms. The highest BCUT2D eigenvalue weighted by atomic mass is 32.1. The van der Waals surface area contributed by atoms with E-state index in [0.29, 0.717) is 22.7 Å². The van der Waals surface area contributed by atoms with Gasteiger partial charge in [0, 0.05) is 5.69 Å². The number of amides is 3. The van der Waals surface area contributed by atoms with Gasteiger partial charge in [-0.05, 0) is 60.3 Å². The van der Waals surface area contributed by atoms with E-state index in [1.54, 1.807) is 55.6 Å². The van der Waals surface area contributed by atoms with Crippen molar-refractivity contribution >= 4 is 46.8 Å². The van der Waals surface area contributed by atoms with Gasteiger partial charge in [0.05, 0.1) is 7.11 Å². The monoisotopic (exact) mass is 411 g/mol. The van der Waals surface area contributed by atoms with Crippen LogP contribution >= 0.6 is 12.2 Å². The van der Waals surface area contributed by atoms with Crippen molar-refractivity contribution in [3.63, 3.8) is 0 Å². The number of benzene rings is 2. The number of carbonyl (C=O) groups is 3. The highest BCUT2D eigenvalue weighted by molar-refractivity contribution is 7.80. The van der Waals surface area contributed by atoms with Crippen molar-refractivity contribution in [1.29, 1.82) is 0 Å². The van der Waals surface area contributed by atoms with E-state index >= 15 is 0 Å². The lowest BCUT2D eigenvalue weighted by Gasteiger charge is -2.16. The van der Waals surface area contributed by atoms with Crippen molar-refractivity contribution in [2.45, 2.75) is 0 Å². The molecule has 29 heavy (non-hydrogen) atoms. The molecule has 3 amide bonds. The molecule has 2 aromatic carbocycles. The fraction of sp³-hybridized carbons (Fsp3) is 0.100. The third-order valence-electron chi connectivity index (χ3n) is 3.88. The van der Waals surface area contributed by atoms with Crippen LogP contribution in [0.5, 0.6) is 11.5 Å². The van der Waals surface area contributed by atoms with E-state index in [9.17, 15) is 14.4 Å². The van der Waals surface area contributed by atoms with Crippen LogP contribution in [0.4, 0.5) is 5.69 Å². The summed E-state index contributed by atoms with van der Waals surface area (Å²) in [7, 11) is 1.57. The highest BCUT2D eigenvalue weighted by Gasteiger charge is 2.25. The highest BCUT2D eigenvalue weighted by Crippen LogP contribution is 2.17. The number of thiocarbonyl (C=S) groups is 1. The molecule has 1 fully saturated rings. The van der Waals surface area contributed by atoms with Crippen LogP contribution < -0.4 is 25.4 Å². The number of ether oxygens (including phenoxy) is 2. The van der Waals surface area contributed by atoms with Crippen LogP contribution in [0, 0.1) is 0 Å². The summed E-state index contributed by atoms with van der Waals surface area (Å²) < 4.78 is 10.5. The molecule has 0 aromatic heterocycles. The Morgan fingerprint density at radius 2 is 1.59 bits per heavy atom. The minimum Gasteiger partial charge on any atom is -0.497 e. The Kier molecular flexibility index (Phi) is 6.20. The van der Waals surface area contributed by atoms with Crippen molar-refractivity contribution in [2.24, 2.45) is 0 Å². The molecule has 148 valence electrons. The molecule has 3 N–H and O–H groups in total. The molecule has 0 aliphatic carbocycles. The number of carbonyl (C=O) groups excluding carboxylic acids is 3. The van der Waals surface area contributed by atoms with E-state index in [4.69, 9.17) is 21.7 Å². The van der Waals surface area contributed by atoms with Crippen molar-refractivity contribution in [3.05, 3.63) is 59.7 Å². The van der Waals surface area contributed by atoms with Gasteiger partial charge in [-0.1, -0.05) is 12.1 Å². The number of anilines is 1. The zero-order valence-corrected chi connectivity index (χ0v) is 16.2. The molecule has 0 spiro atoms. The fourth-order valence-corrected chi connectivity index (χ4v) is 2.64. The van der Waals surface area contributed by atoms with Gasteiger partial charge in [-0.25, -0.2) is 0 Å². The number of hydrogen-bond acceptors (Lipinski definition) is 6. The molecule has 1 aliphatic rings. The average molecular weight is 411 g/mol. The molecule has 2 aromatic rings. The van der Waals surface area contributed by atoms with Gasteiger partial charge in [0.2, 0.25) is 0 Å². The first-order valence-corrected chi connectivity index (χ1v) is 8.90. The maximum Gasteiger partial charge on any atom is 0.263 e. The maximum atomic E-state index is 12.0. The van der Waals surface area contributed by atoms with E-state index in [1.807, 2.05) is 0 Å². The number of rotatable bonds is 6. The summed E-state index contributed by atoms with van der Waals surface area (Å²) in [5.41, 5.74) is 1.20. The molecule has 1 saturated heterocycles. The van der Waals surface area contributed by atoms with Gasteiger partial charge in [0.15, 0.2) is 11.7 Å². The molecule has 0 bridgehead atoms. The Morgan fingerprint density at radius 1 is 1.00 bits per heavy atom. The molecule has 0 saturated carbocycles. The lowest BCUT2D eigenvalue weighted by molar-refractivity contribution is -0.123. The van der Waals surface area contributed by atoms with Crippen molar-refractivity contribution in [2.75, 3.05) is 19.0 Å². The summed E-state index contributed by atoms with van der Waals surface area (Å²) in [6.07, 6.45) is 1.44. The Morgan fingerprint density at radius 3 is 2.17 bits per heavy atom. The minimum absolute atomic E-state index is 0.0196. The van der Waals surface area contributed by atoms with Crippen molar-refractivity contribution in [3.8, 4) is 11.5 Å². The second kappa shape index (κ2) is 8.98. The van der Waals surface area contributed by atoms with Gasteiger partial charge in [-0.2, -0.15) is 0 Å². The van der Waals surface area contributed by atoms with Gasteiger partial charge >= 0.3 is 0 Å². The molecular formula is C20H17N3O5S. The van der Waals surface area contributed by atoms with Crippen LogP contribution in [0.1, 0.15) is 5.56 Å². The second-order valence-electron chi connectivity index (χ2n) is 5.93. The number of methoxy groups -OCH3 is 1. The lowest BCUT2D eigenvalue weighted by Crippen LogP contribution is -2.51. The van der Waals surface area contributed by atoms with Crippen molar-refractivity contribution in [1.82, 2.24) is 10.6 Å². The van der Waals surface area contributed by atoms with Crippen molar-refractivity contribution < 1.29 is 23.9 Å². The van der Waals surface area contributed by atoms with Gasteiger partial charge in [0.1, 0.15) is 17.1 Å². The average Bonchev–Trinajstić information content (AvgIpc) is 2.70. The van der Waals surface area contributed by atoms with E-state index in [0.717, 1.165) is 0 Å².